The molecule has 1 aromatic heterocycles. The molecule has 1 aromatic carbocycles. The van der Waals surface area contributed by atoms with E-state index in [4.69, 9.17) is 4.74 Å². The van der Waals surface area contributed by atoms with E-state index in [1.807, 2.05) is 0 Å². The molecule has 2 aromatic rings. The molecule has 182 valence electrons. The lowest BCUT2D eigenvalue weighted by Crippen LogP contribution is -2.47. The Kier molecular flexibility index (Phi) is 9.51. The monoisotopic (exact) mass is 470 g/mol. The molecule has 0 aliphatic heterocycles. The quantitative estimate of drug-likeness (QED) is 0.525. The molecular formula is C25H31FN4O4. The smallest absolute Gasteiger partial charge is 0.247 e. The Morgan fingerprint density at radius 3 is 2.50 bits per heavy atom. The lowest BCUT2D eigenvalue weighted by molar-refractivity contribution is -0.142. The lowest BCUT2D eigenvalue weighted by Gasteiger charge is -2.32. The van der Waals surface area contributed by atoms with E-state index < -0.39 is 11.9 Å². The van der Waals surface area contributed by atoms with Gasteiger partial charge >= 0.3 is 0 Å². The topological polar surface area (TPSA) is 101 Å². The van der Waals surface area contributed by atoms with Gasteiger partial charge in [-0.3, -0.25) is 14.4 Å². The number of aromatic nitrogens is 1. The van der Waals surface area contributed by atoms with E-state index >= 15 is 0 Å². The van der Waals surface area contributed by atoms with Gasteiger partial charge < -0.3 is 20.3 Å². The van der Waals surface area contributed by atoms with Crippen molar-refractivity contribution in [1.29, 1.82) is 0 Å². The maximum Gasteiger partial charge on any atom is 0.247 e. The Labute approximate surface area is 198 Å². The van der Waals surface area contributed by atoms with Crippen molar-refractivity contribution in [2.24, 2.45) is 0 Å². The zero-order valence-electron chi connectivity index (χ0n) is 19.3. The van der Waals surface area contributed by atoms with E-state index in [9.17, 15) is 18.8 Å². The third kappa shape index (κ3) is 7.34. The first kappa shape index (κ1) is 25.3. The summed E-state index contributed by atoms with van der Waals surface area (Å²) in [6, 6.07) is 9.79. The molecule has 1 atom stereocenters. The van der Waals surface area contributed by atoms with Gasteiger partial charge in [0.1, 0.15) is 17.7 Å². The van der Waals surface area contributed by atoms with Gasteiger partial charge in [0, 0.05) is 38.7 Å². The molecule has 1 aliphatic rings. The first-order valence-corrected chi connectivity index (χ1v) is 11.5. The molecule has 0 saturated heterocycles. The van der Waals surface area contributed by atoms with E-state index in [-0.39, 0.29) is 49.8 Å². The van der Waals surface area contributed by atoms with E-state index in [1.54, 1.807) is 24.4 Å². The Hall–Kier alpha value is -3.33. The number of hydrogen-bond donors (Lipinski definition) is 2. The molecule has 0 radical (unpaired) electrons. The summed E-state index contributed by atoms with van der Waals surface area (Å²) in [6.45, 7) is 0.359. The van der Waals surface area contributed by atoms with Crippen molar-refractivity contribution in [3.8, 4) is 0 Å². The summed E-state index contributed by atoms with van der Waals surface area (Å²) in [7, 11) is 1.51. The molecule has 1 unspecified atom stereocenters. The number of rotatable bonds is 11. The summed E-state index contributed by atoms with van der Waals surface area (Å²) in [5.41, 5.74) is 0.499. The fourth-order valence-corrected chi connectivity index (χ4v) is 4.06. The Bertz CT molecular complexity index is 949. The summed E-state index contributed by atoms with van der Waals surface area (Å²) in [6.07, 6.45) is 5.26. The van der Waals surface area contributed by atoms with E-state index in [0.29, 0.717) is 11.4 Å². The molecule has 1 saturated carbocycles. The summed E-state index contributed by atoms with van der Waals surface area (Å²) < 4.78 is 18.8. The average molecular weight is 471 g/mol. The number of halogens is 1. The zero-order chi connectivity index (χ0) is 24.3. The van der Waals surface area contributed by atoms with Gasteiger partial charge in [0.05, 0.1) is 6.61 Å². The summed E-state index contributed by atoms with van der Waals surface area (Å²) >= 11 is 0. The number of amides is 3. The van der Waals surface area contributed by atoms with Crippen LogP contribution in [0.15, 0.2) is 48.7 Å². The number of anilines is 1. The molecular weight excluding hydrogens is 439 g/mol. The number of benzene rings is 1. The minimum Gasteiger partial charge on any atom is -0.383 e. The molecule has 0 spiro atoms. The van der Waals surface area contributed by atoms with Crippen molar-refractivity contribution < 1.29 is 23.5 Å². The standard InChI is InChI=1S/C25H31FN4O4/c1-34-17-16-30(23(32)14-13-22(31)29-21-8-4-5-15-27-21)24(18-9-11-19(26)12-10-18)25(33)28-20-6-2-3-7-20/h4-5,8-12,15,20,24H,2-3,6-7,13-14,16-17H2,1H3,(H,28,33)(H,27,29,31). The van der Waals surface area contributed by atoms with Crippen molar-refractivity contribution in [1.82, 2.24) is 15.2 Å². The number of nitrogens with zero attached hydrogens (tertiary/aromatic N) is 2. The van der Waals surface area contributed by atoms with Gasteiger partial charge in [-0.05, 0) is 42.7 Å². The van der Waals surface area contributed by atoms with Crippen LogP contribution >= 0.6 is 0 Å². The van der Waals surface area contributed by atoms with Crippen molar-refractivity contribution >= 4 is 23.5 Å². The summed E-state index contributed by atoms with van der Waals surface area (Å²) in [5.74, 6) is -1.08. The second-order valence-corrected chi connectivity index (χ2v) is 8.29. The summed E-state index contributed by atoms with van der Waals surface area (Å²) in [4.78, 5) is 44.4. The fraction of sp³-hybridized carbons (Fsp3) is 0.440. The molecule has 1 heterocycles. The molecule has 3 amide bonds. The Morgan fingerprint density at radius 2 is 1.85 bits per heavy atom. The first-order chi connectivity index (χ1) is 16.5. The average Bonchev–Trinajstić information content (AvgIpc) is 3.34. The van der Waals surface area contributed by atoms with Crippen LogP contribution in [0.3, 0.4) is 0 Å². The predicted octanol–water partition coefficient (Wildman–Crippen LogP) is 3.21. The lowest BCUT2D eigenvalue weighted by atomic mass is 10.0. The van der Waals surface area contributed by atoms with Crippen LogP contribution in [-0.2, 0) is 19.1 Å². The normalized spacial score (nSPS) is 14.4. The third-order valence-corrected chi connectivity index (χ3v) is 5.80. The molecule has 34 heavy (non-hydrogen) atoms. The maximum absolute atomic E-state index is 13.6. The highest BCUT2D eigenvalue weighted by Gasteiger charge is 2.33. The molecule has 0 bridgehead atoms. The number of nitrogens with one attached hydrogen (secondary N) is 2. The highest BCUT2D eigenvalue weighted by atomic mass is 19.1. The van der Waals surface area contributed by atoms with Crippen LogP contribution in [-0.4, -0.2) is 53.9 Å². The largest absolute Gasteiger partial charge is 0.383 e. The number of carbonyl (C=O) groups excluding carboxylic acids is 3. The van der Waals surface area contributed by atoms with Crippen LogP contribution in [0.4, 0.5) is 10.2 Å². The highest BCUT2D eigenvalue weighted by Crippen LogP contribution is 2.25. The SMILES string of the molecule is COCCN(C(=O)CCC(=O)Nc1ccccn1)C(C(=O)NC1CCCC1)c1ccc(F)cc1. The molecule has 1 fully saturated rings. The maximum atomic E-state index is 13.6. The van der Waals surface area contributed by atoms with Crippen molar-refractivity contribution in [2.75, 3.05) is 25.6 Å². The van der Waals surface area contributed by atoms with Crippen LogP contribution in [0.5, 0.6) is 0 Å². The second-order valence-electron chi connectivity index (χ2n) is 8.29. The van der Waals surface area contributed by atoms with E-state index in [1.165, 1.54) is 36.3 Å². The van der Waals surface area contributed by atoms with Crippen LogP contribution < -0.4 is 10.6 Å². The van der Waals surface area contributed by atoms with Gasteiger partial charge in [0.25, 0.3) is 0 Å². The van der Waals surface area contributed by atoms with Gasteiger partial charge in [-0.1, -0.05) is 31.0 Å². The van der Waals surface area contributed by atoms with E-state index in [2.05, 4.69) is 15.6 Å². The van der Waals surface area contributed by atoms with Crippen LogP contribution in [0.2, 0.25) is 0 Å². The Morgan fingerprint density at radius 1 is 1.12 bits per heavy atom. The van der Waals surface area contributed by atoms with Gasteiger partial charge in [0.2, 0.25) is 17.7 Å². The summed E-state index contributed by atoms with van der Waals surface area (Å²) in [5, 5.41) is 5.70. The number of methoxy groups -OCH3 is 1. The number of pyridine rings is 1. The number of ether oxygens (including phenoxy) is 1. The van der Waals surface area contributed by atoms with Crippen molar-refractivity contribution in [2.45, 2.75) is 50.6 Å². The van der Waals surface area contributed by atoms with Crippen LogP contribution in [0.1, 0.15) is 50.1 Å². The third-order valence-electron chi connectivity index (χ3n) is 5.80. The highest BCUT2D eigenvalue weighted by molar-refractivity contribution is 5.94. The molecule has 8 nitrogen and oxygen atoms in total. The molecule has 3 rings (SSSR count). The van der Waals surface area contributed by atoms with Crippen molar-refractivity contribution in [3.05, 3.63) is 60.0 Å². The van der Waals surface area contributed by atoms with Gasteiger partial charge in [-0.25, -0.2) is 9.37 Å². The van der Waals surface area contributed by atoms with E-state index in [0.717, 1.165) is 25.7 Å². The fourth-order valence-electron chi connectivity index (χ4n) is 4.06. The van der Waals surface area contributed by atoms with Gasteiger partial charge in [-0.2, -0.15) is 0 Å². The minimum atomic E-state index is -0.956. The predicted molar refractivity (Wildman–Crippen MR) is 125 cm³/mol. The Balaban J connectivity index is 1.75. The number of carbonyl (C=O) groups is 3. The molecule has 1 aliphatic carbocycles. The van der Waals surface area contributed by atoms with Crippen LogP contribution in [0.25, 0.3) is 0 Å². The molecule has 9 heteroatoms. The zero-order valence-corrected chi connectivity index (χ0v) is 19.3. The van der Waals surface area contributed by atoms with Gasteiger partial charge in [0.15, 0.2) is 0 Å². The van der Waals surface area contributed by atoms with Gasteiger partial charge in [-0.15, -0.1) is 0 Å². The second kappa shape index (κ2) is 12.8. The molecule has 2 N–H and O–H groups in total. The minimum absolute atomic E-state index is 0.0546. The van der Waals surface area contributed by atoms with Crippen LogP contribution in [0, 0.1) is 5.82 Å². The first-order valence-electron chi connectivity index (χ1n) is 11.5. The van der Waals surface area contributed by atoms with Crippen molar-refractivity contribution in [3.63, 3.8) is 0 Å². The number of hydrogen-bond acceptors (Lipinski definition) is 5.